The minimum Gasteiger partial charge on any atom is -1.00 e. The van der Waals surface area contributed by atoms with Crippen LogP contribution in [-0.4, -0.2) is 24.4 Å². The van der Waals surface area contributed by atoms with Gasteiger partial charge in [0.2, 0.25) is 0 Å². The first-order valence-electron chi connectivity index (χ1n) is 0. The van der Waals surface area contributed by atoms with Crippen LogP contribution in [0.1, 0.15) is 0 Å². The zero-order valence-electron chi connectivity index (χ0n) is 3.04. The van der Waals surface area contributed by atoms with Crippen LogP contribution >= 0.6 is 0 Å². The molecule has 7 heavy (non-hydrogen) atoms. The van der Waals surface area contributed by atoms with Crippen molar-refractivity contribution >= 4 is 24.4 Å². The van der Waals surface area contributed by atoms with Gasteiger partial charge < -0.3 is 120 Å². The van der Waals surface area contributed by atoms with Gasteiger partial charge in [0.25, 0.3) is 0 Å². The van der Waals surface area contributed by atoms with Crippen LogP contribution in [0, 0.1) is 0 Å². The fourth-order valence-electron chi connectivity index (χ4n) is 0. The van der Waals surface area contributed by atoms with Gasteiger partial charge in [0.1, 0.15) is 0 Å². The summed E-state index contributed by atoms with van der Waals surface area (Å²) in [5, 5.41) is 0. The molecular weight excluding hydrogens is 869 g/mol. The van der Waals surface area contributed by atoms with E-state index < -0.39 is 0 Å². The summed E-state index contributed by atoms with van der Waals surface area (Å²) in [6, 6.07) is 0. The Labute approximate surface area is 167 Å². The van der Waals surface area contributed by atoms with Crippen molar-refractivity contribution in [3.05, 3.63) is 0 Å². The summed E-state index contributed by atoms with van der Waals surface area (Å²) in [4.78, 5) is 0. The van der Waals surface area contributed by atoms with E-state index in [9.17, 15) is 0 Å². The van der Waals surface area contributed by atoms with Gasteiger partial charge in [0.15, 0.2) is 0 Å². The maximum Gasteiger partial charge on any atom is 3.00 e. The molecule has 0 N–H and O–H groups in total. The van der Waals surface area contributed by atoms with Crippen molar-refractivity contribution in [2.75, 3.05) is 0 Å². The van der Waals surface area contributed by atoms with Crippen LogP contribution in [0.15, 0.2) is 0 Å². The van der Waals surface area contributed by atoms with Crippen LogP contribution < -0.4 is 120 Å². The first kappa shape index (κ1) is 55.3. The van der Waals surface area contributed by atoms with E-state index in [0.717, 1.165) is 0 Å². The van der Waals surface area contributed by atoms with Crippen LogP contribution in [0.2, 0.25) is 0 Å². The Balaban J connectivity index is 0. The summed E-state index contributed by atoms with van der Waals surface area (Å²) in [5.41, 5.74) is 0. The van der Waals surface area contributed by atoms with Crippen LogP contribution in [0.3, 0.4) is 0 Å². The second-order valence-electron chi connectivity index (χ2n) is 0. The predicted octanol–water partition coefficient (Wildman–Crippen LogP) is -15.4. The summed E-state index contributed by atoms with van der Waals surface area (Å²) < 4.78 is 0. The molecule has 0 fully saturated rings. The maximum atomic E-state index is 0. The molecule has 2 radical (unpaired) electrons. The van der Waals surface area contributed by atoms with Gasteiger partial charge in [-0.15, -0.1) is 0 Å². The summed E-state index contributed by atoms with van der Waals surface area (Å²) in [6.45, 7) is 0. The Hall–Kier alpha value is 5.39. The van der Waals surface area contributed by atoms with E-state index in [1.54, 1.807) is 0 Å². The van der Waals surface area contributed by atoms with Gasteiger partial charge in [-0.1, -0.05) is 0 Å². The van der Waals surface area contributed by atoms with Crippen molar-refractivity contribution in [3.63, 3.8) is 0 Å². The molecule has 0 aliphatic carbocycles. The summed E-state index contributed by atoms with van der Waals surface area (Å²) in [6.07, 6.45) is 0. The van der Waals surface area contributed by atoms with Gasteiger partial charge in [-0.25, -0.2) is 0 Å². The van der Waals surface area contributed by atoms with Gasteiger partial charge in [0.05, 0.1) is 0 Å². The molecule has 0 rings (SSSR count). The average Bonchev–Trinajstić information content (AvgIpc) is 0. The first-order valence-corrected chi connectivity index (χ1v) is 0. The number of hydrogen-bond donors (Lipinski definition) is 0. The Morgan fingerprint density at radius 1 is 0.429 bits per heavy atom. The second-order valence-corrected chi connectivity index (χ2v) is 0. The second kappa shape index (κ2) is 42.3. The Kier molecular flexibility index (Phi) is 335. The fourth-order valence-corrected chi connectivity index (χ4v) is 0. The third-order valence-electron chi connectivity index (χ3n) is 0. The summed E-state index contributed by atoms with van der Waals surface area (Å²) >= 11 is 0. The van der Waals surface area contributed by atoms with Crippen LogP contribution in [0.4, 0.5) is 0 Å². The van der Waals surface area contributed by atoms with E-state index in [0.29, 0.717) is 0 Å². The molecule has 0 aromatic rings. The number of rotatable bonds is 0. The average molecular weight is 869 g/mol. The Morgan fingerprint density at radius 3 is 0.429 bits per heavy atom. The van der Waals surface area contributed by atoms with Gasteiger partial charge >= 0.3 is 51.7 Å². The largest absolute Gasteiger partial charge is 3.00 e. The molecule has 7 heteroatoms. The minimum absolute atomic E-state index is 0. The van der Waals surface area contributed by atoms with Crippen molar-refractivity contribution < 1.29 is 147 Å². The van der Waals surface area contributed by atoms with Crippen LogP contribution in [0.25, 0.3) is 0 Å². The quantitative estimate of drug-likeness (QED) is 0.168. The number of halogens is 5. The molecule has 0 heterocycles. The molecule has 0 bridgehead atoms. The van der Waals surface area contributed by atoms with Gasteiger partial charge in [-0.05, 0) is 0 Å². The standard InChI is InChI=1S/Cd.5HI.Sb/h;5*1H;/q+2;;;;;;+3/p-5. The summed E-state index contributed by atoms with van der Waals surface area (Å²) in [7, 11) is 0. The van der Waals surface area contributed by atoms with E-state index in [2.05, 4.69) is 0 Å². The molecular formula is CdI5Sb. The molecule has 0 saturated carbocycles. The van der Waals surface area contributed by atoms with Gasteiger partial charge in [-0.2, -0.15) is 0 Å². The Morgan fingerprint density at radius 2 is 0.429 bits per heavy atom. The molecule has 0 atom stereocenters. The van der Waals surface area contributed by atoms with Crippen molar-refractivity contribution in [2.24, 2.45) is 0 Å². The first-order chi connectivity index (χ1) is 0. The molecule has 0 aliphatic heterocycles. The topological polar surface area (TPSA) is 0 Å². The molecule has 0 spiro atoms. The van der Waals surface area contributed by atoms with Crippen molar-refractivity contribution in [1.29, 1.82) is 0 Å². The van der Waals surface area contributed by atoms with Crippen LogP contribution in [-0.2, 0) is 27.3 Å². The van der Waals surface area contributed by atoms with E-state index in [1.807, 2.05) is 0 Å². The summed E-state index contributed by atoms with van der Waals surface area (Å²) in [5.74, 6) is 0. The Bertz CT molecular complexity index is 8.04. The molecule has 0 saturated heterocycles. The van der Waals surface area contributed by atoms with E-state index >= 15 is 0 Å². The molecule has 0 aliphatic rings. The normalized spacial score (nSPS) is 0. The molecule has 0 amide bonds. The van der Waals surface area contributed by atoms with Crippen molar-refractivity contribution in [3.8, 4) is 0 Å². The molecule has 0 aromatic carbocycles. The van der Waals surface area contributed by atoms with E-state index in [-0.39, 0.29) is 172 Å². The monoisotopic (exact) mass is 869 g/mol. The molecule has 42 valence electrons. The van der Waals surface area contributed by atoms with Crippen molar-refractivity contribution in [1.82, 2.24) is 0 Å². The van der Waals surface area contributed by atoms with Crippen molar-refractivity contribution in [2.45, 2.75) is 0 Å². The van der Waals surface area contributed by atoms with E-state index in [1.165, 1.54) is 0 Å². The molecule has 0 aromatic heterocycles. The molecule has 0 nitrogen and oxygen atoms in total. The zero-order chi connectivity index (χ0) is 0. The fraction of sp³-hybridized carbons (Fsp3) is 0. The smallest absolute Gasteiger partial charge is 1.00 e. The zero-order valence-corrected chi connectivity index (χ0v) is 20.4. The van der Waals surface area contributed by atoms with Crippen LogP contribution in [0.5, 0.6) is 0 Å². The van der Waals surface area contributed by atoms with E-state index in [4.69, 9.17) is 0 Å². The number of hydrogen-bond acceptors (Lipinski definition) is 0. The van der Waals surface area contributed by atoms with Gasteiger partial charge in [0, 0.05) is 0 Å². The SMILES string of the molecule is [Cd+2].[I-].[I-].[I-].[I-].[I-].[Sb+3]. The third kappa shape index (κ3) is 34.6. The minimum atomic E-state index is 0. The predicted molar refractivity (Wildman–Crippen MR) is 5.75 cm³/mol. The molecule has 0 unspecified atom stereocenters. The van der Waals surface area contributed by atoms with Gasteiger partial charge in [-0.3, -0.25) is 0 Å². The maximum absolute atomic E-state index is 0. The third-order valence-corrected chi connectivity index (χ3v) is 0.